The summed E-state index contributed by atoms with van der Waals surface area (Å²) in [5.74, 6) is 0. The summed E-state index contributed by atoms with van der Waals surface area (Å²) in [6.45, 7) is -2.83. The van der Waals surface area contributed by atoms with E-state index in [1.807, 2.05) is 6.07 Å². The second-order valence-corrected chi connectivity index (χ2v) is 6.17. The predicted octanol–water partition coefficient (Wildman–Crippen LogP) is 1.74. The lowest BCUT2D eigenvalue weighted by Gasteiger charge is -2.25. The molecule has 1 saturated heterocycles. The highest BCUT2D eigenvalue weighted by molar-refractivity contribution is 5.78. The molecule has 1 aromatic carbocycles. The van der Waals surface area contributed by atoms with Crippen molar-refractivity contribution in [1.29, 1.82) is 5.26 Å². The van der Waals surface area contributed by atoms with Gasteiger partial charge in [-0.05, 0) is 30.2 Å². The molecule has 28 heavy (non-hydrogen) atoms. The van der Waals surface area contributed by atoms with E-state index in [0.717, 1.165) is 0 Å². The third kappa shape index (κ3) is 3.70. The first-order valence-corrected chi connectivity index (χ1v) is 8.23. The SMILES string of the molecule is [2H]C([2H])(O)C1CC(NC(=O)O)CN1c1cc(-c2cnccc2C#N)ccc1[N+](=O)[O-]. The number of amides is 1. The molecule has 2 aromatic rings. The Bertz CT molecular complexity index is 1040. The van der Waals surface area contributed by atoms with Crippen LogP contribution in [0.1, 0.15) is 14.7 Å². The Hall–Kier alpha value is -3.71. The van der Waals surface area contributed by atoms with E-state index < -0.39 is 29.7 Å². The normalized spacial score (nSPS) is 20.1. The van der Waals surface area contributed by atoms with Crippen molar-refractivity contribution in [2.45, 2.75) is 18.5 Å². The van der Waals surface area contributed by atoms with E-state index in [2.05, 4.69) is 10.3 Å². The Balaban J connectivity index is 2.13. The summed E-state index contributed by atoms with van der Waals surface area (Å²) in [5.41, 5.74) is 0.825. The summed E-state index contributed by atoms with van der Waals surface area (Å²) in [4.78, 5) is 27.2. The van der Waals surface area contributed by atoms with Crippen LogP contribution in [0.4, 0.5) is 16.2 Å². The van der Waals surface area contributed by atoms with Gasteiger partial charge in [-0.3, -0.25) is 15.1 Å². The van der Waals surface area contributed by atoms with Gasteiger partial charge in [0.2, 0.25) is 0 Å². The van der Waals surface area contributed by atoms with Gasteiger partial charge in [-0.15, -0.1) is 0 Å². The van der Waals surface area contributed by atoms with Crippen LogP contribution in [0.25, 0.3) is 11.1 Å². The van der Waals surface area contributed by atoms with Crippen molar-refractivity contribution in [3.63, 3.8) is 0 Å². The minimum atomic E-state index is -2.75. The molecule has 3 rings (SSSR count). The molecule has 2 heterocycles. The molecule has 1 amide bonds. The van der Waals surface area contributed by atoms with Crippen LogP contribution in [0.3, 0.4) is 0 Å². The third-order valence-corrected chi connectivity index (χ3v) is 4.51. The van der Waals surface area contributed by atoms with E-state index in [0.29, 0.717) is 16.7 Å². The Morgan fingerprint density at radius 2 is 2.32 bits per heavy atom. The fraction of sp³-hybridized carbons (Fsp3) is 0.278. The van der Waals surface area contributed by atoms with Crippen molar-refractivity contribution in [3.8, 4) is 17.2 Å². The van der Waals surface area contributed by atoms with Crippen molar-refractivity contribution in [2.24, 2.45) is 0 Å². The van der Waals surface area contributed by atoms with Gasteiger partial charge < -0.3 is 20.4 Å². The zero-order valence-electron chi connectivity index (χ0n) is 16.4. The second kappa shape index (κ2) is 7.89. The molecule has 1 aliphatic heterocycles. The first kappa shape index (κ1) is 16.5. The number of carboxylic acid groups (broad SMARTS) is 1. The third-order valence-electron chi connectivity index (χ3n) is 4.51. The first-order chi connectivity index (χ1) is 14.1. The number of pyridine rings is 1. The molecule has 2 unspecified atom stereocenters. The topological polar surface area (TPSA) is 153 Å². The largest absolute Gasteiger partial charge is 0.465 e. The van der Waals surface area contributed by atoms with Gasteiger partial charge in [0.15, 0.2) is 0 Å². The molecule has 2 atom stereocenters. The molecule has 0 radical (unpaired) electrons. The summed E-state index contributed by atoms with van der Waals surface area (Å²) >= 11 is 0. The van der Waals surface area contributed by atoms with Gasteiger partial charge in [-0.1, -0.05) is 0 Å². The van der Waals surface area contributed by atoms with Crippen molar-refractivity contribution in [2.75, 3.05) is 18.0 Å². The van der Waals surface area contributed by atoms with Crippen molar-refractivity contribution in [3.05, 3.63) is 52.3 Å². The maximum Gasteiger partial charge on any atom is 0.404 e. The fourth-order valence-electron chi connectivity index (χ4n) is 3.30. The molecule has 1 aliphatic rings. The molecular formula is C18H17N5O5. The maximum absolute atomic E-state index is 11.6. The van der Waals surface area contributed by atoms with E-state index in [-0.39, 0.29) is 24.3 Å². The number of hydrogen-bond donors (Lipinski definition) is 3. The number of rotatable bonds is 5. The van der Waals surface area contributed by atoms with Gasteiger partial charge in [0.05, 0.1) is 37.9 Å². The van der Waals surface area contributed by atoms with Gasteiger partial charge in [0, 0.05) is 30.6 Å². The number of nitriles is 1. The number of aliphatic hydroxyl groups is 1. The van der Waals surface area contributed by atoms with Crippen LogP contribution in [0.5, 0.6) is 0 Å². The Morgan fingerprint density at radius 3 is 2.96 bits per heavy atom. The smallest absolute Gasteiger partial charge is 0.404 e. The number of anilines is 1. The van der Waals surface area contributed by atoms with E-state index in [1.165, 1.54) is 41.6 Å². The molecule has 1 fully saturated rings. The fourth-order valence-corrected chi connectivity index (χ4v) is 3.30. The molecule has 0 bridgehead atoms. The van der Waals surface area contributed by atoms with Crippen molar-refractivity contribution >= 4 is 17.5 Å². The van der Waals surface area contributed by atoms with Crippen LogP contribution in [0.15, 0.2) is 36.7 Å². The highest BCUT2D eigenvalue weighted by atomic mass is 16.6. The molecule has 0 aliphatic carbocycles. The number of carbonyl (C=O) groups is 1. The standard InChI is InChI=1S/C18H17N5O5/c19-7-12-3-4-20-8-15(12)11-1-2-16(23(27)28)17(5-11)22-9-13(21-18(25)26)6-14(22)10-24/h1-5,8,13-14,21,24H,6,9-10H2,(H,25,26)/i10D2. The number of nitrogens with zero attached hydrogens (tertiary/aromatic N) is 4. The lowest BCUT2D eigenvalue weighted by atomic mass is 10.0. The van der Waals surface area contributed by atoms with Gasteiger partial charge in [-0.2, -0.15) is 5.26 Å². The second-order valence-electron chi connectivity index (χ2n) is 6.17. The average molecular weight is 385 g/mol. The first-order valence-electron chi connectivity index (χ1n) is 9.23. The summed E-state index contributed by atoms with van der Waals surface area (Å²) in [6, 6.07) is 5.63. The summed E-state index contributed by atoms with van der Waals surface area (Å²) < 4.78 is 15.4. The Kier molecular flexibility index (Phi) is 4.64. The lowest BCUT2D eigenvalue weighted by Crippen LogP contribution is -2.36. The average Bonchev–Trinajstić information content (AvgIpc) is 3.11. The van der Waals surface area contributed by atoms with E-state index in [1.54, 1.807) is 0 Å². The van der Waals surface area contributed by atoms with Crippen molar-refractivity contribution < 1.29 is 22.7 Å². The number of nitro groups is 1. The number of nitrogens with one attached hydrogen (secondary N) is 1. The van der Waals surface area contributed by atoms with Crippen LogP contribution in [0, 0.1) is 21.4 Å². The Labute approximate surface area is 162 Å². The van der Waals surface area contributed by atoms with E-state index >= 15 is 0 Å². The number of benzene rings is 1. The van der Waals surface area contributed by atoms with Crippen LogP contribution < -0.4 is 10.2 Å². The van der Waals surface area contributed by atoms with Gasteiger partial charge in [0.1, 0.15) is 5.69 Å². The molecule has 0 saturated carbocycles. The summed E-state index contributed by atoms with van der Waals surface area (Å²) in [5, 5.41) is 42.1. The highest BCUT2D eigenvalue weighted by Crippen LogP contribution is 2.37. The van der Waals surface area contributed by atoms with Crippen LogP contribution in [0.2, 0.25) is 0 Å². The zero-order valence-corrected chi connectivity index (χ0v) is 14.4. The van der Waals surface area contributed by atoms with Crippen LogP contribution in [-0.2, 0) is 0 Å². The van der Waals surface area contributed by atoms with E-state index in [9.17, 15) is 25.3 Å². The molecule has 1 aromatic heterocycles. The minimum absolute atomic E-state index is 0.00265. The van der Waals surface area contributed by atoms with Crippen molar-refractivity contribution in [1.82, 2.24) is 10.3 Å². The monoisotopic (exact) mass is 385 g/mol. The Morgan fingerprint density at radius 1 is 1.54 bits per heavy atom. The number of aromatic nitrogens is 1. The summed E-state index contributed by atoms with van der Waals surface area (Å²) in [7, 11) is 0. The number of hydrogen-bond acceptors (Lipinski definition) is 7. The molecule has 10 heteroatoms. The van der Waals surface area contributed by atoms with Gasteiger partial charge >= 0.3 is 6.09 Å². The quantitative estimate of drug-likeness (QED) is 0.519. The predicted molar refractivity (Wildman–Crippen MR) is 98.8 cm³/mol. The molecule has 3 N–H and O–H groups in total. The molecule has 0 spiro atoms. The van der Waals surface area contributed by atoms with Gasteiger partial charge in [0.25, 0.3) is 5.69 Å². The van der Waals surface area contributed by atoms with Crippen LogP contribution in [-0.4, -0.2) is 51.4 Å². The molecule has 144 valence electrons. The van der Waals surface area contributed by atoms with Crippen LogP contribution >= 0.6 is 0 Å². The zero-order chi connectivity index (χ0) is 22.1. The highest BCUT2D eigenvalue weighted by Gasteiger charge is 2.36. The molecular weight excluding hydrogens is 366 g/mol. The minimum Gasteiger partial charge on any atom is -0.465 e. The maximum atomic E-state index is 11.6. The molecule has 10 nitrogen and oxygen atoms in total. The lowest BCUT2D eigenvalue weighted by molar-refractivity contribution is -0.384. The summed E-state index contributed by atoms with van der Waals surface area (Å²) in [6.07, 6.45) is 1.46. The van der Waals surface area contributed by atoms with E-state index in [4.69, 9.17) is 7.85 Å². The number of nitro benzene ring substituents is 1. The van der Waals surface area contributed by atoms with Gasteiger partial charge in [-0.25, -0.2) is 4.79 Å².